The highest BCUT2D eigenvalue weighted by molar-refractivity contribution is 5.94. The lowest BCUT2D eigenvalue weighted by Gasteiger charge is -2.22. The van der Waals surface area contributed by atoms with Gasteiger partial charge in [-0.15, -0.1) is 0 Å². The van der Waals surface area contributed by atoms with E-state index in [-0.39, 0.29) is 5.91 Å². The van der Waals surface area contributed by atoms with E-state index in [1.54, 1.807) is 24.3 Å². The lowest BCUT2D eigenvalue weighted by molar-refractivity contribution is 0.0343. The van der Waals surface area contributed by atoms with E-state index >= 15 is 0 Å². The molecule has 106 valence electrons. The summed E-state index contributed by atoms with van der Waals surface area (Å²) in [7, 11) is 0. The van der Waals surface area contributed by atoms with Gasteiger partial charge in [-0.05, 0) is 50.2 Å². The SMILES string of the molecule is N#Cc1ccc(C(=O)NCCOC2CCNCC2)cc1. The van der Waals surface area contributed by atoms with Crippen LogP contribution in [-0.2, 0) is 4.74 Å². The number of hydrogen-bond donors (Lipinski definition) is 2. The van der Waals surface area contributed by atoms with Crippen molar-refractivity contribution in [2.24, 2.45) is 0 Å². The molecule has 1 aromatic carbocycles. The number of hydrogen-bond acceptors (Lipinski definition) is 4. The summed E-state index contributed by atoms with van der Waals surface area (Å²) in [6.45, 7) is 3.04. The Morgan fingerprint density at radius 1 is 1.35 bits per heavy atom. The van der Waals surface area contributed by atoms with Crippen LogP contribution in [0.4, 0.5) is 0 Å². The predicted molar refractivity (Wildman–Crippen MR) is 75.3 cm³/mol. The van der Waals surface area contributed by atoms with Crippen LogP contribution < -0.4 is 10.6 Å². The van der Waals surface area contributed by atoms with Gasteiger partial charge in [0.1, 0.15) is 0 Å². The molecule has 1 amide bonds. The van der Waals surface area contributed by atoms with Gasteiger partial charge in [-0.3, -0.25) is 4.79 Å². The van der Waals surface area contributed by atoms with Crippen LogP contribution >= 0.6 is 0 Å². The summed E-state index contributed by atoms with van der Waals surface area (Å²) in [5, 5.41) is 14.8. The maximum Gasteiger partial charge on any atom is 0.251 e. The van der Waals surface area contributed by atoms with E-state index < -0.39 is 0 Å². The van der Waals surface area contributed by atoms with E-state index in [0.29, 0.717) is 30.4 Å². The molecule has 0 atom stereocenters. The molecular formula is C15H19N3O2. The molecule has 1 aliphatic heterocycles. The minimum Gasteiger partial charge on any atom is -0.376 e. The zero-order valence-electron chi connectivity index (χ0n) is 11.4. The van der Waals surface area contributed by atoms with Gasteiger partial charge in [0.15, 0.2) is 0 Å². The third-order valence-corrected chi connectivity index (χ3v) is 3.30. The molecule has 1 aromatic rings. The second-order valence-corrected chi connectivity index (χ2v) is 4.77. The molecule has 2 rings (SSSR count). The Bertz CT molecular complexity index is 473. The molecule has 1 saturated heterocycles. The van der Waals surface area contributed by atoms with Crippen LogP contribution in [0.1, 0.15) is 28.8 Å². The highest BCUT2D eigenvalue weighted by Crippen LogP contribution is 2.06. The number of carbonyl (C=O) groups is 1. The van der Waals surface area contributed by atoms with Gasteiger partial charge in [-0.25, -0.2) is 0 Å². The number of carbonyl (C=O) groups excluding carboxylic acids is 1. The number of benzene rings is 1. The predicted octanol–water partition coefficient (Wildman–Crippen LogP) is 1.06. The Morgan fingerprint density at radius 3 is 2.70 bits per heavy atom. The molecule has 5 nitrogen and oxygen atoms in total. The smallest absolute Gasteiger partial charge is 0.251 e. The average Bonchev–Trinajstić information content (AvgIpc) is 2.52. The number of nitrogens with zero attached hydrogens (tertiary/aromatic N) is 1. The maximum atomic E-state index is 11.8. The van der Waals surface area contributed by atoms with Gasteiger partial charge in [0.05, 0.1) is 24.3 Å². The highest BCUT2D eigenvalue weighted by Gasteiger charge is 2.13. The van der Waals surface area contributed by atoms with Crippen LogP contribution in [0, 0.1) is 11.3 Å². The lowest BCUT2D eigenvalue weighted by atomic mass is 10.1. The first-order chi connectivity index (χ1) is 9.79. The number of ether oxygens (including phenoxy) is 1. The fourth-order valence-corrected chi connectivity index (χ4v) is 2.15. The zero-order valence-corrected chi connectivity index (χ0v) is 11.4. The van der Waals surface area contributed by atoms with Crippen molar-refractivity contribution in [3.05, 3.63) is 35.4 Å². The van der Waals surface area contributed by atoms with E-state index in [2.05, 4.69) is 10.6 Å². The highest BCUT2D eigenvalue weighted by atomic mass is 16.5. The van der Waals surface area contributed by atoms with E-state index in [0.717, 1.165) is 25.9 Å². The van der Waals surface area contributed by atoms with Crippen molar-refractivity contribution in [3.8, 4) is 6.07 Å². The van der Waals surface area contributed by atoms with Crippen LogP contribution in [0.3, 0.4) is 0 Å². The van der Waals surface area contributed by atoms with Crippen molar-refractivity contribution in [2.45, 2.75) is 18.9 Å². The van der Waals surface area contributed by atoms with Crippen molar-refractivity contribution >= 4 is 5.91 Å². The van der Waals surface area contributed by atoms with Crippen molar-refractivity contribution < 1.29 is 9.53 Å². The topological polar surface area (TPSA) is 74.2 Å². The molecule has 5 heteroatoms. The summed E-state index contributed by atoms with van der Waals surface area (Å²) < 4.78 is 5.71. The third-order valence-electron chi connectivity index (χ3n) is 3.30. The van der Waals surface area contributed by atoms with Gasteiger partial charge in [0.25, 0.3) is 5.91 Å². The standard InChI is InChI=1S/C15H19N3O2/c16-11-12-1-3-13(4-2-12)15(19)18-9-10-20-14-5-7-17-8-6-14/h1-4,14,17H,5-10H2,(H,18,19). The van der Waals surface area contributed by atoms with Crippen molar-refractivity contribution in [2.75, 3.05) is 26.2 Å². The second-order valence-electron chi connectivity index (χ2n) is 4.77. The van der Waals surface area contributed by atoms with Gasteiger partial charge in [-0.2, -0.15) is 5.26 Å². The quantitative estimate of drug-likeness (QED) is 0.787. The number of rotatable bonds is 5. The first-order valence-electron chi connectivity index (χ1n) is 6.90. The summed E-state index contributed by atoms with van der Waals surface area (Å²) >= 11 is 0. The summed E-state index contributed by atoms with van der Waals surface area (Å²) in [5.41, 5.74) is 1.11. The average molecular weight is 273 g/mol. The molecule has 0 radical (unpaired) electrons. The number of piperidine rings is 1. The van der Waals surface area contributed by atoms with Gasteiger partial charge < -0.3 is 15.4 Å². The molecule has 0 saturated carbocycles. The molecule has 1 heterocycles. The molecule has 0 aromatic heterocycles. The molecule has 0 aliphatic carbocycles. The van der Waals surface area contributed by atoms with E-state index in [1.165, 1.54) is 0 Å². The minimum atomic E-state index is -0.136. The normalized spacial score (nSPS) is 15.6. The molecule has 2 N–H and O–H groups in total. The summed E-state index contributed by atoms with van der Waals surface area (Å²) in [4.78, 5) is 11.8. The zero-order chi connectivity index (χ0) is 14.2. The maximum absolute atomic E-state index is 11.8. The fraction of sp³-hybridized carbons (Fsp3) is 0.467. The third kappa shape index (κ3) is 4.34. The lowest BCUT2D eigenvalue weighted by Crippen LogP contribution is -2.34. The Morgan fingerprint density at radius 2 is 2.05 bits per heavy atom. The molecule has 0 unspecified atom stereocenters. The first kappa shape index (κ1) is 14.5. The van der Waals surface area contributed by atoms with E-state index in [1.807, 2.05) is 6.07 Å². The number of nitrogens with one attached hydrogen (secondary N) is 2. The Kier molecular flexibility index (Phi) is 5.54. The minimum absolute atomic E-state index is 0.136. The Hall–Kier alpha value is -1.90. The molecule has 1 fully saturated rings. The molecular weight excluding hydrogens is 254 g/mol. The van der Waals surface area contributed by atoms with E-state index in [9.17, 15) is 4.79 Å². The van der Waals surface area contributed by atoms with Gasteiger partial charge in [0, 0.05) is 12.1 Å². The van der Waals surface area contributed by atoms with Crippen LogP contribution in [0.15, 0.2) is 24.3 Å². The van der Waals surface area contributed by atoms with Crippen molar-refractivity contribution in [3.63, 3.8) is 0 Å². The molecule has 1 aliphatic rings. The Labute approximate surface area is 118 Å². The van der Waals surface area contributed by atoms with E-state index in [4.69, 9.17) is 10.00 Å². The number of amides is 1. The van der Waals surface area contributed by atoms with Crippen molar-refractivity contribution in [1.82, 2.24) is 10.6 Å². The Balaban J connectivity index is 1.67. The largest absolute Gasteiger partial charge is 0.376 e. The number of nitriles is 1. The second kappa shape index (κ2) is 7.63. The fourth-order valence-electron chi connectivity index (χ4n) is 2.15. The monoisotopic (exact) mass is 273 g/mol. The van der Waals surface area contributed by atoms with Gasteiger partial charge in [0.2, 0.25) is 0 Å². The summed E-state index contributed by atoms with van der Waals surface area (Å²) in [6.07, 6.45) is 2.37. The molecule has 0 bridgehead atoms. The molecule has 0 spiro atoms. The van der Waals surface area contributed by atoms with Crippen LogP contribution in [0.25, 0.3) is 0 Å². The van der Waals surface area contributed by atoms with Gasteiger partial charge in [-0.1, -0.05) is 0 Å². The summed E-state index contributed by atoms with van der Waals surface area (Å²) in [6, 6.07) is 8.61. The summed E-state index contributed by atoms with van der Waals surface area (Å²) in [5.74, 6) is -0.136. The van der Waals surface area contributed by atoms with Crippen LogP contribution in [-0.4, -0.2) is 38.3 Å². The van der Waals surface area contributed by atoms with Gasteiger partial charge >= 0.3 is 0 Å². The first-order valence-corrected chi connectivity index (χ1v) is 6.90. The van der Waals surface area contributed by atoms with Crippen molar-refractivity contribution in [1.29, 1.82) is 5.26 Å². The van der Waals surface area contributed by atoms with Crippen LogP contribution in [0.5, 0.6) is 0 Å². The molecule has 20 heavy (non-hydrogen) atoms. The van der Waals surface area contributed by atoms with Crippen LogP contribution in [0.2, 0.25) is 0 Å².